The number of nitrogens with zero attached hydrogens (tertiary/aromatic N) is 1. The number of hydrogen-bond donors (Lipinski definition) is 1. The highest BCUT2D eigenvalue weighted by molar-refractivity contribution is 7.90. The number of hydrogen-bond acceptors (Lipinski definition) is 4. The maximum Gasteiger partial charge on any atom is 0.147 e. The molecule has 1 rings (SSSR count). The van der Waals surface area contributed by atoms with Gasteiger partial charge in [-0.3, -0.25) is 4.90 Å². The number of nitrogens with one attached hydrogen (secondary N) is 1. The summed E-state index contributed by atoms with van der Waals surface area (Å²) in [7, 11) is -2.83. The van der Waals surface area contributed by atoms with E-state index in [4.69, 9.17) is 0 Å². The fourth-order valence-electron chi connectivity index (χ4n) is 2.86. The zero-order chi connectivity index (χ0) is 13.8. The molecular weight excluding hydrogens is 248 g/mol. The van der Waals surface area contributed by atoms with Gasteiger partial charge >= 0.3 is 0 Å². The van der Waals surface area contributed by atoms with E-state index < -0.39 is 9.84 Å². The van der Waals surface area contributed by atoms with Crippen LogP contribution < -0.4 is 5.32 Å². The lowest BCUT2D eigenvalue weighted by Gasteiger charge is -2.49. The van der Waals surface area contributed by atoms with Crippen LogP contribution in [-0.2, 0) is 9.84 Å². The largest absolute Gasteiger partial charge is 0.311 e. The van der Waals surface area contributed by atoms with Crippen molar-refractivity contribution in [3.63, 3.8) is 0 Å². The third-order valence-corrected chi connectivity index (χ3v) is 5.23. The van der Waals surface area contributed by atoms with Gasteiger partial charge in [0.15, 0.2) is 0 Å². The number of rotatable bonds is 6. The van der Waals surface area contributed by atoms with Crippen molar-refractivity contribution in [2.24, 2.45) is 0 Å². The van der Waals surface area contributed by atoms with Gasteiger partial charge in [0.25, 0.3) is 0 Å². The second kappa shape index (κ2) is 6.35. The molecule has 0 radical (unpaired) electrons. The summed E-state index contributed by atoms with van der Waals surface area (Å²) >= 11 is 0. The molecule has 0 spiro atoms. The summed E-state index contributed by atoms with van der Waals surface area (Å²) in [6.45, 7) is 9.57. The molecule has 1 N–H and O–H groups in total. The number of sulfone groups is 1. The fraction of sp³-hybridized carbons (Fsp3) is 1.00. The minimum Gasteiger partial charge on any atom is -0.311 e. The van der Waals surface area contributed by atoms with E-state index in [1.165, 1.54) is 6.26 Å². The number of piperazine rings is 1. The lowest BCUT2D eigenvalue weighted by molar-refractivity contribution is 0.0353. The molecule has 108 valence electrons. The highest BCUT2D eigenvalue weighted by atomic mass is 32.2. The molecular formula is C13H28N2O2S. The Morgan fingerprint density at radius 1 is 1.33 bits per heavy atom. The molecule has 0 bridgehead atoms. The zero-order valence-corrected chi connectivity index (χ0v) is 13.0. The van der Waals surface area contributed by atoms with Crippen LogP contribution in [0, 0.1) is 0 Å². The molecule has 1 heterocycles. The Morgan fingerprint density at radius 3 is 2.44 bits per heavy atom. The molecule has 0 aliphatic carbocycles. The summed E-state index contributed by atoms with van der Waals surface area (Å²) in [6, 6.07) is 0.495. The van der Waals surface area contributed by atoms with Gasteiger partial charge in [-0.25, -0.2) is 8.42 Å². The van der Waals surface area contributed by atoms with E-state index in [2.05, 4.69) is 31.0 Å². The van der Waals surface area contributed by atoms with Gasteiger partial charge in [0.05, 0.1) is 5.75 Å². The molecule has 5 heteroatoms. The first kappa shape index (κ1) is 15.9. The quantitative estimate of drug-likeness (QED) is 0.794. The van der Waals surface area contributed by atoms with Gasteiger partial charge in [-0.2, -0.15) is 0 Å². The summed E-state index contributed by atoms with van der Waals surface area (Å²) in [5, 5.41) is 3.55. The predicted octanol–water partition coefficient (Wildman–Crippen LogP) is 1.27. The van der Waals surface area contributed by atoms with Gasteiger partial charge in [0.1, 0.15) is 9.84 Å². The maximum absolute atomic E-state index is 11.2. The van der Waals surface area contributed by atoms with E-state index >= 15 is 0 Å². The fourth-order valence-corrected chi connectivity index (χ4v) is 3.51. The monoisotopic (exact) mass is 276 g/mol. The van der Waals surface area contributed by atoms with Crippen LogP contribution in [0.15, 0.2) is 0 Å². The van der Waals surface area contributed by atoms with Crippen LogP contribution >= 0.6 is 0 Å². The summed E-state index contributed by atoms with van der Waals surface area (Å²) in [4.78, 5) is 2.50. The Hall–Kier alpha value is -0.130. The highest BCUT2D eigenvalue weighted by Crippen LogP contribution is 2.27. The third-order valence-electron chi connectivity index (χ3n) is 4.20. The Morgan fingerprint density at radius 2 is 1.94 bits per heavy atom. The molecule has 0 saturated carbocycles. The Kier molecular flexibility index (Phi) is 5.62. The van der Waals surface area contributed by atoms with Gasteiger partial charge in [-0.05, 0) is 32.7 Å². The standard InChI is InChI=1S/C13H28N2O2S/c1-5-13(6-2)11-14-12(3)10-15(13)8-7-9-18(4,16)17/h12,14H,5-11H2,1-4H3. The topological polar surface area (TPSA) is 49.4 Å². The molecule has 0 amide bonds. The average molecular weight is 276 g/mol. The predicted molar refractivity (Wildman–Crippen MR) is 76.7 cm³/mol. The van der Waals surface area contributed by atoms with E-state index in [0.717, 1.165) is 38.9 Å². The van der Waals surface area contributed by atoms with Crippen molar-refractivity contribution in [2.75, 3.05) is 31.6 Å². The Balaban J connectivity index is 2.62. The molecule has 1 fully saturated rings. The van der Waals surface area contributed by atoms with Crippen LogP contribution in [0.25, 0.3) is 0 Å². The van der Waals surface area contributed by atoms with Crippen molar-refractivity contribution >= 4 is 9.84 Å². The van der Waals surface area contributed by atoms with Crippen molar-refractivity contribution < 1.29 is 8.42 Å². The van der Waals surface area contributed by atoms with Crippen LogP contribution in [0.5, 0.6) is 0 Å². The molecule has 18 heavy (non-hydrogen) atoms. The molecule has 1 unspecified atom stereocenters. The first-order valence-electron chi connectivity index (χ1n) is 6.99. The van der Waals surface area contributed by atoms with E-state index in [1.807, 2.05) is 0 Å². The van der Waals surface area contributed by atoms with Gasteiger partial charge < -0.3 is 5.32 Å². The van der Waals surface area contributed by atoms with Crippen molar-refractivity contribution in [1.29, 1.82) is 0 Å². The summed E-state index contributed by atoms with van der Waals surface area (Å²) in [6.07, 6.45) is 4.29. The van der Waals surface area contributed by atoms with Gasteiger partial charge in [-0.15, -0.1) is 0 Å². The van der Waals surface area contributed by atoms with E-state index in [-0.39, 0.29) is 5.54 Å². The zero-order valence-electron chi connectivity index (χ0n) is 12.2. The first-order chi connectivity index (χ1) is 8.33. The van der Waals surface area contributed by atoms with Crippen LogP contribution in [0.1, 0.15) is 40.0 Å². The summed E-state index contributed by atoms with van der Waals surface area (Å²) in [5.41, 5.74) is 0.212. The van der Waals surface area contributed by atoms with Gasteiger partial charge in [0.2, 0.25) is 0 Å². The lowest BCUT2D eigenvalue weighted by Crippen LogP contribution is -2.63. The molecule has 1 aliphatic rings. The van der Waals surface area contributed by atoms with Crippen molar-refractivity contribution in [3.8, 4) is 0 Å². The molecule has 1 atom stereocenters. The van der Waals surface area contributed by atoms with Gasteiger partial charge in [-0.1, -0.05) is 13.8 Å². The molecule has 0 aromatic rings. The van der Waals surface area contributed by atoms with Crippen molar-refractivity contribution in [2.45, 2.75) is 51.6 Å². The lowest BCUT2D eigenvalue weighted by atomic mass is 9.87. The maximum atomic E-state index is 11.2. The third kappa shape index (κ3) is 4.21. The molecule has 0 aromatic carbocycles. The second-order valence-corrected chi connectivity index (χ2v) is 7.90. The Labute approximate surface area is 112 Å². The van der Waals surface area contributed by atoms with Crippen LogP contribution in [-0.4, -0.2) is 56.5 Å². The SMILES string of the molecule is CCC1(CC)CNC(C)CN1CCCS(C)(=O)=O. The first-order valence-corrected chi connectivity index (χ1v) is 9.05. The minimum atomic E-state index is -2.83. The smallest absolute Gasteiger partial charge is 0.147 e. The van der Waals surface area contributed by atoms with E-state index in [1.54, 1.807) is 0 Å². The van der Waals surface area contributed by atoms with Crippen molar-refractivity contribution in [1.82, 2.24) is 10.2 Å². The van der Waals surface area contributed by atoms with Crippen LogP contribution in [0.3, 0.4) is 0 Å². The molecule has 4 nitrogen and oxygen atoms in total. The van der Waals surface area contributed by atoms with Crippen LogP contribution in [0.4, 0.5) is 0 Å². The second-order valence-electron chi connectivity index (χ2n) is 5.64. The average Bonchev–Trinajstić information content (AvgIpc) is 2.28. The summed E-state index contributed by atoms with van der Waals surface area (Å²) < 4.78 is 22.4. The summed E-state index contributed by atoms with van der Waals surface area (Å²) in [5.74, 6) is 0.300. The Bertz CT molecular complexity index is 350. The highest BCUT2D eigenvalue weighted by Gasteiger charge is 2.37. The molecule has 1 aliphatic heterocycles. The minimum absolute atomic E-state index is 0.212. The normalized spacial score (nSPS) is 25.2. The van der Waals surface area contributed by atoms with Gasteiger partial charge in [0, 0.05) is 30.9 Å². The van der Waals surface area contributed by atoms with Crippen molar-refractivity contribution in [3.05, 3.63) is 0 Å². The molecule has 0 aromatic heterocycles. The van der Waals surface area contributed by atoms with E-state index in [0.29, 0.717) is 11.8 Å². The molecule has 1 saturated heterocycles. The van der Waals surface area contributed by atoms with Crippen LogP contribution in [0.2, 0.25) is 0 Å². The van der Waals surface area contributed by atoms with E-state index in [9.17, 15) is 8.42 Å².